The molecular weight excluding hydrogens is 286 g/mol. The fraction of sp³-hybridized carbons (Fsp3) is 0.467. The van der Waals surface area contributed by atoms with Crippen molar-refractivity contribution in [2.75, 3.05) is 25.5 Å². The molecule has 0 fully saturated rings. The Balaban J connectivity index is 1.95. The standard InChI is InChI=1S/C15H21N3O2S/c1-3-4-8-20-9-7-17-14(19)13-12(16)11-6-5-10(2)18-15(11)21-13/h5-6H,3-4,7-9,16H2,1-2H3,(H,17,19). The van der Waals surface area contributed by atoms with Crippen LogP contribution in [0.5, 0.6) is 0 Å². The number of nitrogens with one attached hydrogen (secondary N) is 1. The van der Waals surface area contributed by atoms with E-state index in [4.69, 9.17) is 10.5 Å². The van der Waals surface area contributed by atoms with Crippen molar-refractivity contribution in [3.63, 3.8) is 0 Å². The number of carbonyl (C=O) groups is 1. The maximum atomic E-state index is 12.1. The van der Waals surface area contributed by atoms with Gasteiger partial charge < -0.3 is 15.8 Å². The summed E-state index contributed by atoms with van der Waals surface area (Å²) in [5.74, 6) is -0.160. The van der Waals surface area contributed by atoms with Crippen LogP contribution in [0.15, 0.2) is 12.1 Å². The first-order valence-electron chi connectivity index (χ1n) is 7.15. The molecular formula is C15H21N3O2S. The van der Waals surface area contributed by atoms with Crippen LogP contribution in [0.1, 0.15) is 35.1 Å². The van der Waals surface area contributed by atoms with E-state index in [1.54, 1.807) is 0 Å². The number of thiophene rings is 1. The van der Waals surface area contributed by atoms with Crippen LogP contribution in [-0.4, -0.2) is 30.6 Å². The Morgan fingerprint density at radius 2 is 2.24 bits per heavy atom. The summed E-state index contributed by atoms with van der Waals surface area (Å²) in [6.45, 7) is 5.78. The van der Waals surface area contributed by atoms with Gasteiger partial charge in [-0.3, -0.25) is 4.79 Å². The number of fused-ring (bicyclic) bond motifs is 1. The zero-order valence-electron chi connectivity index (χ0n) is 12.4. The predicted octanol–water partition coefficient (Wildman–Crippen LogP) is 2.73. The van der Waals surface area contributed by atoms with Crippen molar-refractivity contribution in [2.24, 2.45) is 0 Å². The number of hydrogen-bond donors (Lipinski definition) is 2. The lowest BCUT2D eigenvalue weighted by atomic mass is 10.2. The highest BCUT2D eigenvalue weighted by atomic mass is 32.1. The zero-order chi connectivity index (χ0) is 15.2. The Bertz CT molecular complexity index is 625. The van der Waals surface area contributed by atoms with E-state index in [1.807, 2.05) is 19.1 Å². The average molecular weight is 307 g/mol. The molecule has 5 nitrogen and oxygen atoms in total. The van der Waals surface area contributed by atoms with Gasteiger partial charge in [-0.2, -0.15) is 0 Å². The number of aryl methyl sites for hydroxylation is 1. The number of amides is 1. The molecule has 0 aliphatic rings. The number of aromatic nitrogens is 1. The van der Waals surface area contributed by atoms with Crippen LogP contribution in [-0.2, 0) is 4.74 Å². The number of hydrogen-bond acceptors (Lipinski definition) is 5. The summed E-state index contributed by atoms with van der Waals surface area (Å²) in [7, 11) is 0. The topological polar surface area (TPSA) is 77.2 Å². The van der Waals surface area contributed by atoms with Gasteiger partial charge in [-0.25, -0.2) is 4.98 Å². The highest BCUT2D eigenvalue weighted by Gasteiger charge is 2.16. The third-order valence-corrected chi connectivity index (χ3v) is 4.23. The second kappa shape index (κ2) is 7.38. The predicted molar refractivity (Wildman–Crippen MR) is 86.8 cm³/mol. The molecule has 0 aliphatic heterocycles. The zero-order valence-corrected chi connectivity index (χ0v) is 13.3. The van der Waals surface area contributed by atoms with Gasteiger partial charge in [0.1, 0.15) is 9.71 Å². The number of nitrogens with zero attached hydrogens (tertiary/aromatic N) is 1. The summed E-state index contributed by atoms with van der Waals surface area (Å²) >= 11 is 1.33. The first-order valence-corrected chi connectivity index (χ1v) is 7.96. The normalized spacial score (nSPS) is 11.0. The number of pyridine rings is 1. The summed E-state index contributed by atoms with van der Waals surface area (Å²) in [5, 5.41) is 3.67. The Morgan fingerprint density at radius 3 is 3.00 bits per heavy atom. The van der Waals surface area contributed by atoms with Crippen LogP contribution in [0.2, 0.25) is 0 Å². The second-order valence-electron chi connectivity index (χ2n) is 4.87. The molecule has 0 aromatic carbocycles. The van der Waals surface area contributed by atoms with E-state index in [-0.39, 0.29) is 5.91 Å². The van der Waals surface area contributed by atoms with E-state index in [0.717, 1.165) is 35.4 Å². The number of nitrogen functional groups attached to an aromatic ring is 1. The molecule has 0 saturated carbocycles. The molecule has 0 radical (unpaired) electrons. The molecule has 1 amide bonds. The molecule has 2 aromatic rings. The molecule has 2 aromatic heterocycles. The fourth-order valence-electron chi connectivity index (χ4n) is 1.92. The molecule has 0 bridgehead atoms. The maximum absolute atomic E-state index is 12.1. The molecule has 0 unspecified atom stereocenters. The quantitative estimate of drug-likeness (QED) is 0.771. The van der Waals surface area contributed by atoms with E-state index in [1.165, 1.54) is 11.3 Å². The number of rotatable bonds is 7. The Labute approximate surface area is 128 Å². The lowest BCUT2D eigenvalue weighted by molar-refractivity contribution is 0.0917. The summed E-state index contributed by atoms with van der Waals surface area (Å²) in [5.41, 5.74) is 7.46. The molecule has 2 heterocycles. The van der Waals surface area contributed by atoms with Gasteiger partial charge in [-0.1, -0.05) is 13.3 Å². The van der Waals surface area contributed by atoms with E-state index >= 15 is 0 Å². The van der Waals surface area contributed by atoms with Crippen molar-refractivity contribution < 1.29 is 9.53 Å². The molecule has 0 atom stereocenters. The molecule has 2 rings (SSSR count). The van der Waals surface area contributed by atoms with Gasteiger partial charge in [0.15, 0.2) is 0 Å². The van der Waals surface area contributed by atoms with E-state index in [2.05, 4.69) is 17.2 Å². The maximum Gasteiger partial charge on any atom is 0.263 e. The Morgan fingerprint density at radius 1 is 1.43 bits per heavy atom. The smallest absolute Gasteiger partial charge is 0.263 e. The van der Waals surface area contributed by atoms with Crippen LogP contribution in [0.4, 0.5) is 5.69 Å². The molecule has 21 heavy (non-hydrogen) atoms. The van der Waals surface area contributed by atoms with Gasteiger partial charge in [-0.15, -0.1) is 11.3 Å². The van der Waals surface area contributed by atoms with Crippen molar-refractivity contribution in [3.05, 3.63) is 22.7 Å². The monoisotopic (exact) mass is 307 g/mol. The third-order valence-electron chi connectivity index (χ3n) is 3.11. The van der Waals surface area contributed by atoms with Crippen LogP contribution in [0.3, 0.4) is 0 Å². The van der Waals surface area contributed by atoms with E-state index < -0.39 is 0 Å². The van der Waals surface area contributed by atoms with Crippen molar-refractivity contribution in [3.8, 4) is 0 Å². The van der Waals surface area contributed by atoms with Crippen LogP contribution < -0.4 is 11.1 Å². The lowest BCUT2D eigenvalue weighted by Crippen LogP contribution is -2.27. The molecule has 0 saturated heterocycles. The number of unbranched alkanes of at least 4 members (excludes halogenated alkanes) is 1. The number of anilines is 1. The Kier molecular flexibility index (Phi) is 5.52. The summed E-state index contributed by atoms with van der Waals surface area (Å²) in [6, 6.07) is 3.81. The van der Waals surface area contributed by atoms with Gasteiger partial charge in [0.25, 0.3) is 5.91 Å². The minimum Gasteiger partial charge on any atom is -0.397 e. The Hall–Kier alpha value is -1.66. The largest absolute Gasteiger partial charge is 0.397 e. The summed E-state index contributed by atoms with van der Waals surface area (Å²) in [6.07, 6.45) is 2.15. The number of nitrogens with two attached hydrogens (primary N) is 1. The first-order chi connectivity index (χ1) is 10.1. The van der Waals surface area contributed by atoms with Gasteiger partial charge >= 0.3 is 0 Å². The fourth-order valence-corrected chi connectivity index (χ4v) is 2.98. The molecule has 0 spiro atoms. The number of carbonyl (C=O) groups excluding carboxylic acids is 1. The van der Waals surface area contributed by atoms with Gasteiger partial charge in [-0.05, 0) is 25.5 Å². The van der Waals surface area contributed by atoms with Crippen LogP contribution >= 0.6 is 11.3 Å². The van der Waals surface area contributed by atoms with Crippen molar-refractivity contribution in [1.29, 1.82) is 0 Å². The van der Waals surface area contributed by atoms with Crippen molar-refractivity contribution in [1.82, 2.24) is 10.3 Å². The van der Waals surface area contributed by atoms with Gasteiger partial charge in [0, 0.05) is 24.2 Å². The van der Waals surface area contributed by atoms with Crippen molar-refractivity contribution >= 4 is 33.1 Å². The average Bonchev–Trinajstić information content (AvgIpc) is 2.79. The van der Waals surface area contributed by atoms with Gasteiger partial charge in [0.2, 0.25) is 0 Å². The van der Waals surface area contributed by atoms with Gasteiger partial charge in [0.05, 0.1) is 12.3 Å². The molecule has 6 heteroatoms. The van der Waals surface area contributed by atoms with Crippen LogP contribution in [0, 0.1) is 6.92 Å². The van der Waals surface area contributed by atoms with Crippen molar-refractivity contribution in [2.45, 2.75) is 26.7 Å². The van der Waals surface area contributed by atoms with E-state index in [0.29, 0.717) is 23.7 Å². The second-order valence-corrected chi connectivity index (χ2v) is 5.87. The summed E-state index contributed by atoms with van der Waals surface area (Å²) < 4.78 is 5.41. The highest BCUT2D eigenvalue weighted by Crippen LogP contribution is 2.32. The molecule has 114 valence electrons. The molecule has 0 aliphatic carbocycles. The first kappa shape index (κ1) is 15.7. The minimum atomic E-state index is -0.160. The number of ether oxygens (including phenoxy) is 1. The van der Waals surface area contributed by atoms with E-state index in [9.17, 15) is 4.79 Å². The third kappa shape index (κ3) is 3.92. The summed E-state index contributed by atoms with van der Waals surface area (Å²) in [4.78, 5) is 17.9. The highest BCUT2D eigenvalue weighted by molar-refractivity contribution is 7.21. The molecule has 3 N–H and O–H groups in total. The SMILES string of the molecule is CCCCOCCNC(=O)c1sc2nc(C)ccc2c1N. The minimum absolute atomic E-state index is 0.160. The lowest BCUT2D eigenvalue weighted by Gasteiger charge is -2.05. The van der Waals surface area contributed by atoms with Crippen LogP contribution in [0.25, 0.3) is 10.2 Å².